The summed E-state index contributed by atoms with van der Waals surface area (Å²) in [6, 6.07) is 4.98. The second kappa shape index (κ2) is 5.75. The number of thioether (sulfide) groups is 1. The molecule has 0 saturated heterocycles. The number of aromatic hydroxyl groups is 1. The molecule has 1 aromatic carbocycles. The Balaban J connectivity index is 2.14. The van der Waals surface area contributed by atoms with Gasteiger partial charge < -0.3 is 14.4 Å². The van der Waals surface area contributed by atoms with Crippen LogP contribution >= 0.6 is 11.8 Å². The number of rotatable bonds is 4. The van der Waals surface area contributed by atoms with E-state index in [-0.39, 0.29) is 10.5 Å². The highest BCUT2D eigenvalue weighted by Crippen LogP contribution is 2.31. The lowest BCUT2D eigenvalue weighted by atomic mass is 10.2. The highest BCUT2D eigenvalue weighted by molar-refractivity contribution is 7.99. The van der Waals surface area contributed by atoms with E-state index in [4.69, 9.17) is 9.26 Å². The van der Waals surface area contributed by atoms with E-state index < -0.39 is 0 Å². The molecule has 0 fully saturated rings. The summed E-state index contributed by atoms with van der Waals surface area (Å²) in [5, 5.41) is 13.7. The number of hydrogen-bond acceptors (Lipinski definition) is 6. The SMILES string of the molecule is COc1ccc(-c2nc(CSC(C)(C)C)no2)cc1O. The van der Waals surface area contributed by atoms with Gasteiger partial charge in [-0.1, -0.05) is 25.9 Å². The molecule has 0 spiro atoms. The van der Waals surface area contributed by atoms with Crippen LogP contribution in [0.2, 0.25) is 0 Å². The number of aromatic nitrogens is 2. The van der Waals surface area contributed by atoms with E-state index >= 15 is 0 Å². The molecule has 5 nitrogen and oxygen atoms in total. The van der Waals surface area contributed by atoms with Crippen molar-refractivity contribution in [3.8, 4) is 23.0 Å². The van der Waals surface area contributed by atoms with Crippen molar-refractivity contribution in [3.63, 3.8) is 0 Å². The van der Waals surface area contributed by atoms with Crippen LogP contribution < -0.4 is 4.74 Å². The lowest BCUT2D eigenvalue weighted by molar-refractivity contribution is 0.373. The number of benzene rings is 1. The Hall–Kier alpha value is -1.69. The third-order valence-corrected chi connectivity index (χ3v) is 3.80. The van der Waals surface area contributed by atoms with Gasteiger partial charge in [-0.25, -0.2) is 0 Å². The summed E-state index contributed by atoms with van der Waals surface area (Å²) in [4.78, 5) is 4.33. The van der Waals surface area contributed by atoms with E-state index in [9.17, 15) is 5.11 Å². The minimum Gasteiger partial charge on any atom is -0.504 e. The fourth-order valence-corrected chi connectivity index (χ4v) is 2.21. The zero-order chi connectivity index (χ0) is 14.8. The Morgan fingerprint density at radius 1 is 1.35 bits per heavy atom. The van der Waals surface area contributed by atoms with Crippen LogP contribution in [-0.2, 0) is 5.75 Å². The van der Waals surface area contributed by atoms with Gasteiger partial charge in [0.15, 0.2) is 17.3 Å². The number of phenols is 1. The first kappa shape index (κ1) is 14.7. The first-order chi connectivity index (χ1) is 9.39. The minimum atomic E-state index is 0.0498. The smallest absolute Gasteiger partial charge is 0.258 e. The molecule has 6 heteroatoms. The van der Waals surface area contributed by atoms with Crippen molar-refractivity contribution >= 4 is 11.8 Å². The highest BCUT2D eigenvalue weighted by atomic mass is 32.2. The largest absolute Gasteiger partial charge is 0.504 e. The molecular formula is C14H18N2O3S. The van der Waals surface area contributed by atoms with Crippen LogP contribution in [0.15, 0.2) is 22.7 Å². The molecule has 0 unspecified atom stereocenters. The van der Waals surface area contributed by atoms with Crippen molar-refractivity contribution in [2.45, 2.75) is 31.3 Å². The van der Waals surface area contributed by atoms with Crippen LogP contribution in [0.4, 0.5) is 0 Å². The fraction of sp³-hybridized carbons (Fsp3) is 0.429. The Morgan fingerprint density at radius 3 is 2.70 bits per heavy atom. The second-order valence-electron chi connectivity index (χ2n) is 5.30. The maximum Gasteiger partial charge on any atom is 0.258 e. The van der Waals surface area contributed by atoms with E-state index in [1.807, 2.05) is 0 Å². The zero-order valence-corrected chi connectivity index (χ0v) is 12.8. The summed E-state index contributed by atoms with van der Waals surface area (Å²) in [6.45, 7) is 6.42. The summed E-state index contributed by atoms with van der Waals surface area (Å²) in [6.07, 6.45) is 0. The van der Waals surface area contributed by atoms with E-state index in [1.54, 1.807) is 30.0 Å². The van der Waals surface area contributed by atoms with E-state index in [1.165, 1.54) is 7.11 Å². The van der Waals surface area contributed by atoms with Crippen molar-refractivity contribution < 1.29 is 14.4 Å². The Labute approximate surface area is 122 Å². The van der Waals surface area contributed by atoms with Crippen molar-refractivity contribution in [1.82, 2.24) is 10.1 Å². The van der Waals surface area contributed by atoms with Gasteiger partial charge in [-0.15, -0.1) is 11.8 Å². The molecule has 20 heavy (non-hydrogen) atoms. The predicted molar refractivity (Wildman–Crippen MR) is 79.0 cm³/mol. The van der Waals surface area contributed by atoms with Gasteiger partial charge in [-0.05, 0) is 18.2 Å². The number of phenolic OH excluding ortho intramolecular Hbond substituents is 1. The molecule has 0 atom stereocenters. The van der Waals surface area contributed by atoms with E-state index in [0.717, 1.165) is 0 Å². The molecule has 0 radical (unpaired) electrons. The summed E-state index contributed by atoms with van der Waals surface area (Å²) in [7, 11) is 1.50. The lowest BCUT2D eigenvalue weighted by Gasteiger charge is -2.15. The molecule has 0 amide bonds. The van der Waals surface area contributed by atoms with Gasteiger partial charge in [0.25, 0.3) is 5.89 Å². The summed E-state index contributed by atoms with van der Waals surface area (Å²) in [5.41, 5.74) is 0.669. The number of methoxy groups -OCH3 is 1. The van der Waals surface area contributed by atoms with E-state index in [0.29, 0.717) is 28.8 Å². The summed E-state index contributed by atoms with van der Waals surface area (Å²) in [5.74, 6) is 2.20. The summed E-state index contributed by atoms with van der Waals surface area (Å²) < 4.78 is 10.4. The monoisotopic (exact) mass is 294 g/mol. The van der Waals surface area contributed by atoms with Crippen molar-refractivity contribution in [2.24, 2.45) is 0 Å². The molecule has 0 saturated carbocycles. The normalized spacial score (nSPS) is 11.6. The molecule has 0 aliphatic rings. The van der Waals surface area contributed by atoms with Gasteiger partial charge >= 0.3 is 0 Å². The third-order valence-electron chi connectivity index (χ3n) is 2.53. The van der Waals surface area contributed by atoms with Gasteiger partial charge in [0.2, 0.25) is 0 Å². The third kappa shape index (κ3) is 3.66. The van der Waals surface area contributed by atoms with Crippen molar-refractivity contribution in [1.29, 1.82) is 0 Å². The van der Waals surface area contributed by atoms with Crippen LogP contribution in [0, 0.1) is 0 Å². The Kier molecular flexibility index (Phi) is 4.23. The summed E-state index contributed by atoms with van der Waals surface area (Å²) >= 11 is 1.75. The van der Waals surface area contributed by atoms with Crippen molar-refractivity contribution in [2.75, 3.05) is 7.11 Å². The first-order valence-electron chi connectivity index (χ1n) is 6.23. The fourth-order valence-electron chi connectivity index (χ4n) is 1.53. The standard InChI is InChI=1S/C14H18N2O3S/c1-14(2,3)20-8-12-15-13(19-16-12)9-5-6-11(18-4)10(17)7-9/h5-7,17H,8H2,1-4H3. The van der Waals surface area contributed by atoms with Crippen LogP contribution in [0.1, 0.15) is 26.6 Å². The van der Waals surface area contributed by atoms with Crippen LogP contribution in [-0.4, -0.2) is 27.1 Å². The average molecular weight is 294 g/mol. The molecule has 1 aromatic heterocycles. The first-order valence-corrected chi connectivity index (χ1v) is 7.21. The molecule has 0 aliphatic heterocycles. The van der Waals surface area contributed by atoms with Crippen LogP contribution in [0.5, 0.6) is 11.5 Å². The Morgan fingerprint density at radius 2 is 2.10 bits per heavy atom. The molecule has 0 bridgehead atoms. The molecule has 2 rings (SSSR count). The van der Waals surface area contributed by atoms with Gasteiger partial charge in [-0.3, -0.25) is 0 Å². The second-order valence-corrected chi connectivity index (χ2v) is 7.11. The Bertz CT molecular complexity index is 590. The maximum absolute atomic E-state index is 9.75. The molecule has 0 aliphatic carbocycles. The number of nitrogens with zero attached hydrogens (tertiary/aromatic N) is 2. The zero-order valence-electron chi connectivity index (χ0n) is 12.0. The average Bonchev–Trinajstić information content (AvgIpc) is 2.84. The van der Waals surface area contributed by atoms with E-state index in [2.05, 4.69) is 30.9 Å². The van der Waals surface area contributed by atoms with Crippen molar-refractivity contribution in [3.05, 3.63) is 24.0 Å². The molecule has 108 valence electrons. The van der Waals surface area contributed by atoms with Gasteiger partial charge in [0, 0.05) is 10.3 Å². The topological polar surface area (TPSA) is 68.4 Å². The quantitative estimate of drug-likeness (QED) is 0.931. The van der Waals surface area contributed by atoms with Crippen LogP contribution in [0.3, 0.4) is 0 Å². The number of ether oxygens (including phenoxy) is 1. The molecule has 1 N–H and O–H groups in total. The molecule has 1 heterocycles. The molecular weight excluding hydrogens is 276 g/mol. The van der Waals surface area contributed by atoms with Gasteiger partial charge in [-0.2, -0.15) is 4.98 Å². The van der Waals surface area contributed by atoms with Gasteiger partial charge in [0.05, 0.1) is 12.9 Å². The highest BCUT2D eigenvalue weighted by Gasteiger charge is 2.15. The number of hydrogen-bond donors (Lipinski definition) is 1. The predicted octanol–water partition coefficient (Wildman–Crippen LogP) is 3.48. The van der Waals surface area contributed by atoms with Crippen LogP contribution in [0.25, 0.3) is 11.5 Å². The minimum absolute atomic E-state index is 0.0498. The molecule has 2 aromatic rings. The maximum atomic E-state index is 9.75. The lowest BCUT2D eigenvalue weighted by Crippen LogP contribution is -2.07. The van der Waals surface area contributed by atoms with Gasteiger partial charge in [0.1, 0.15) is 0 Å².